The highest BCUT2D eigenvalue weighted by Gasteiger charge is 2.29. The number of rotatable bonds is 8. The molecule has 2 rings (SSSR count). The summed E-state index contributed by atoms with van der Waals surface area (Å²) in [4.78, 5) is 2.17. The zero-order chi connectivity index (χ0) is 14.4. The Morgan fingerprint density at radius 3 is 2.85 bits per heavy atom. The third-order valence-corrected chi connectivity index (χ3v) is 3.37. The van der Waals surface area contributed by atoms with Gasteiger partial charge in [-0.25, -0.2) is 0 Å². The first-order chi connectivity index (χ1) is 9.70. The van der Waals surface area contributed by atoms with E-state index >= 15 is 0 Å². The van der Waals surface area contributed by atoms with Crippen LogP contribution in [-0.2, 0) is 0 Å². The minimum absolute atomic E-state index is 0.212. The fourth-order valence-corrected chi connectivity index (χ4v) is 2.18. The molecular weight excluding hydrogens is 254 g/mol. The van der Waals surface area contributed by atoms with Crippen LogP contribution >= 0.6 is 0 Å². The predicted molar refractivity (Wildman–Crippen MR) is 77.2 cm³/mol. The minimum atomic E-state index is -0.575. The van der Waals surface area contributed by atoms with Crippen LogP contribution in [0.25, 0.3) is 0 Å². The molecule has 0 heterocycles. The molecule has 1 fully saturated rings. The van der Waals surface area contributed by atoms with Crippen LogP contribution in [0.4, 0.5) is 5.69 Å². The number of nitrogen functional groups attached to an aromatic ring is 1. The van der Waals surface area contributed by atoms with Crippen LogP contribution in [0.2, 0.25) is 0 Å². The van der Waals surface area contributed by atoms with E-state index in [4.69, 9.17) is 15.7 Å². The molecule has 1 unspecified atom stereocenters. The Bertz CT molecular complexity index is 468. The van der Waals surface area contributed by atoms with Crippen LogP contribution in [-0.4, -0.2) is 41.8 Å². The molecule has 5 heteroatoms. The third-order valence-electron chi connectivity index (χ3n) is 3.37. The molecule has 1 atom stereocenters. The lowest BCUT2D eigenvalue weighted by molar-refractivity contribution is 0.0664. The van der Waals surface area contributed by atoms with E-state index < -0.39 is 6.10 Å². The Morgan fingerprint density at radius 2 is 2.20 bits per heavy atom. The molecule has 0 aromatic heterocycles. The van der Waals surface area contributed by atoms with Crippen molar-refractivity contribution in [2.75, 3.05) is 25.4 Å². The van der Waals surface area contributed by atoms with E-state index in [0.717, 1.165) is 12.8 Å². The summed E-state index contributed by atoms with van der Waals surface area (Å²) in [6, 6.07) is 9.92. The van der Waals surface area contributed by atoms with Crippen LogP contribution in [0.5, 0.6) is 5.75 Å². The average molecular weight is 275 g/mol. The van der Waals surface area contributed by atoms with Crippen LogP contribution in [0.1, 0.15) is 19.3 Å². The number of ether oxygens (including phenoxy) is 1. The molecule has 0 saturated heterocycles. The Balaban J connectivity index is 1.78. The highest BCUT2D eigenvalue weighted by atomic mass is 16.5. The molecular formula is C15H21N3O2. The third kappa shape index (κ3) is 4.41. The quantitative estimate of drug-likeness (QED) is 0.700. The maximum atomic E-state index is 10.1. The van der Waals surface area contributed by atoms with E-state index in [2.05, 4.69) is 11.0 Å². The summed E-state index contributed by atoms with van der Waals surface area (Å²) < 4.78 is 5.54. The molecule has 1 aromatic carbocycles. The van der Waals surface area contributed by atoms with Gasteiger partial charge in [0.1, 0.15) is 18.5 Å². The van der Waals surface area contributed by atoms with Gasteiger partial charge in [-0.05, 0) is 25.0 Å². The number of para-hydroxylation sites is 2. The zero-order valence-electron chi connectivity index (χ0n) is 11.5. The van der Waals surface area contributed by atoms with Crippen LogP contribution < -0.4 is 10.5 Å². The lowest BCUT2D eigenvalue weighted by Crippen LogP contribution is -2.37. The first-order valence-corrected chi connectivity index (χ1v) is 6.97. The van der Waals surface area contributed by atoms with Crippen molar-refractivity contribution >= 4 is 5.69 Å². The van der Waals surface area contributed by atoms with Crippen molar-refractivity contribution in [1.29, 1.82) is 5.26 Å². The second-order valence-electron chi connectivity index (χ2n) is 5.14. The Hall–Kier alpha value is -1.77. The number of aliphatic hydroxyl groups excluding tert-OH is 1. The normalized spacial score (nSPS) is 15.8. The molecule has 1 aliphatic rings. The van der Waals surface area contributed by atoms with Gasteiger partial charge in [0, 0.05) is 25.6 Å². The van der Waals surface area contributed by atoms with Gasteiger partial charge in [0.05, 0.1) is 11.8 Å². The Kier molecular flexibility index (Phi) is 5.22. The lowest BCUT2D eigenvalue weighted by Gasteiger charge is -2.24. The fraction of sp³-hybridized carbons (Fsp3) is 0.533. The second-order valence-corrected chi connectivity index (χ2v) is 5.14. The first-order valence-electron chi connectivity index (χ1n) is 6.97. The molecule has 108 valence electrons. The maximum Gasteiger partial charge on any atom is 0.142 e. The predicted octanol–water partition coefficient (Wildman–Crippen LogP) is 1.39. The van der Waals surface area contributed by atoms with E-state index in [1.54, 1.807) is 12.1 Å². The second kappa shape index (κ2) is 7.13. The van der Waals surface area contributed by atoms with Crippen molar-refractivity contribution in [3.05, 3.63) is 24.3 Å². The smallest absolute Gasteiger partial charge is 0.142 e. The van der Waals surface area contributed by atoms with E-state index in [9.17, 15) is 5.11 Å². The molecule has 1 saturated carbocycles. The Morgan fingerprint density at radius 1 is 1.45 bits per heavy atom. The van der Waals surface area contributed by atoms with Gasteiger partial charge in [-0.2, -0.15) is 5.26 Å². The number of benzene rings is 1. The molecule has 0 bridgehead atoms. The van der Waals surface area contributed by atoms with Crippen LogP contribution in [0, 0.1) is 11.3 Å². The Labute approximate surface area is 119 Å². The number of nitrogens with two attached hydrogens (primary N) is 1. The standard InChI is InChI=1S/C15H21N3O2/c16-8-3-9-18(12-6-7-12)10-13(19)11-20-15-5-2-1-4-14(15)17/h1-2,4-5,12-13,19H,3,6-7,9-11,17H2. The van der Waals surface area contributed by atoms with Gasteiger partial charge in [0.25, 0.3) is 0 Å². The van der Waals surface area contributed by atoms with E-state index in [1.165, 1.54) is 0 Å². The number of nitrogens with zero attached hydrogens (tertiary/aromatic N) is 2. The van der Waals surface area contributed by atoms with Gasteiger partial charge < -0.3 is 15.6 Å². The van der Waals surface area contributed by atoms with Gasteiger partial charge in [0.2, 0.25) is 0 Å². The molecule has 1 aliphatic carbocycles. The summed E-state index contributed by atoms with van der Waals surface area (Å²) >= 11 is 0. The number of nitriles is 1. The molecule has 0 spiro atoms. The summed E-state index contributed by atoms with van der Waals surface area (Å²) in [5, 5.41) is 18.7. The van der Waals surface area contributed by atoms with Gasteiger partial charge >= 0.3 is 0 Å². The molecule has 1 aromatic rings. The largest absolute Gasteiger partial charge is 0.489 e. The summed E-state index contributed by atoms with van der Waals surface area (Å²) in [5.74, 6) is 0.599. The summed E-state index contributed by atoms with van der Waals surface area (Å²) in [6.07, 6.45) is 2.24. The van der Waals surface area contributed by atoms with Gasteiger partial charge in [-0.15, -0.1) is 0 Å². The first kappa shape index (κ1) is 14.6. The van der Waals surface area contributed by atoms with Crippen molar-refractivity contribution < 1.29 is 9.84 Å². The number of anilines is 1. The minimum Gasteiger partial charge on any atom is -0.489 e. The molecule has 0 aliphatic heterocycles. The van der Waals surface area contributed by atoms with E-state index in [1.807, 2.05) is 12.1 Å². The van der Waals surface area contributed by atoms with Crippen LogP contribution in [0.3, 0.4) is 0 Å². The van der Waals surface area contributed by atoms with Crippen molar-refractivity contribution in [1.82, 2.24) is 4.90 Å². The molecule has 20 heavy (non-hydrogen) atoms. The number of hydrogen-bond acceptors (Lipinski definition) is 5. The monoisotopic (exact) mass is 275 g/mol. The van der Waals surface area contributed by atoms with Gasteiger partial charge in [-0.1, -0.05) is 12.1 Å². The van der Waals surface area contributed by atoms with E-state index in [0.29, 0.717) is 37.0 Å². The number of hydrogen-bond donors (Lipinski definition) is 2. The van der Waals surface area contributed by atoms with Crippen molar-refractivity contribution in [2.24, 2.45) is 0 Å². The molecule has 0 amide bonds. The van der Waals surface area contributed by atoms with Gasteiger partial charge in [0.15, 0.2) is 0 Å². The molecule has 5 nitrogen and oxygen atoms in total. The summed E-state index contributed by atoms with van der Waals surface area (Å²) in [7, 11) is 0. The summed E-state index contributed by atoms with van der Waals surface area (Å²) in [6.45, 7) is 1.47. The van der Waals surface area contributed by atoms with Gasteiger partial charge in [-0.3, -0.25) is 4.90 Å². The van der Waals surface area contributed by atoms with Crippen molar-refractivity contribution in [3.63, 3.8) is 0 Å². The average Bonchev–Trinajstić information content (AvgIpc) is 3.27. The van der Waals surface area contributed by atoms with Crippen LogP contribution in [0.15, 0.2) is 24.3 Å². The lowest BCUT2D eigenvalue weighted by atomic mass is 10.3. The molecule has 3 N–H and O–H groups in total. The number of aliphatic hydroxyl groups is 1. The van der Waals surface area contributed by atoms with Crippen molar-refractivity contribution in [2.45, 2.75) is 31.4 Å². The SMILES string of the molecule is N#CCCN(CC(O)COc1ccccc1N)C1CC1. The topological polar surface area (TPSA) is 82.5 Å². The maximum absolute atomic E-state index is 10.1. The van der Waals surface area contributed by atoms with Crippen molar-refractivity contribution in [3.8, 4) is 11.8 Å². The molecule has 0 radical (unpaired) electrons. The van der Waals surface area contributed by atoms with E-state index in [-0.39, 0.29) is 6.61 Å². The fourth-order valence-electron chi connectivity index (χ4n) is 2.18. The summed E-state index contributed by atoms with van der Waals surface area (Å²) in [5.41, 5.74) is 6.35. The highest BCUT2D eigenvalue weighted by molar-refractivity contribution is 5.51. The highest BCUT2D eigenvalue weighted by Crippen LogP contribution is 2.27. The zero-order valence-corrected chi connectivity index (χ0v) is 11.5.